The van der Waals surface area contributed by atoms with Crippen molar-refractivity contribution >= 4 is 11.9 Å². The lowest BCUT2D eigenvalue weighted by atomic mass is 10.2. The highest BCUT2D eigenvalue weighted by Crippen LogP contribution is 1.99. The van der Waals surface area contributed by atoms with Crippen molar-refractivity contribution in [3.05, 3.63) is 35.9 Å². The maximum atomic E-state index is 11.2. The standard InChI is InChI=1S/C12H18N2O2.C5H11NO2.C2H6/c13-9-5-4-8-12(15)14-16-10-11-6-2-1-3-7-11;6-4-2-1-3-5(7)8;1-2/h1-3,6-7H,4-5,8-10,13H2,(H,14,15);1-4,6H2,(H,7,8);1-2H3. The van der Waals surface area contributed by atoms with Crippen LogP contribution in [-0.4, -0.2) is 30.1 Å². The molecular formula is C19H35N3O4. The van der Waals surface area contributed by atoms with E-state index in [-0.39, 0.29) is 12.3 Å². The number of nitrogens with one attached hydrogen (secondary N) is 1. The van der Waals surface area contributed by atoms with Gasteiger partial charge in [-0.25, -0.2) is 5.48 Å². The van der Waals surface area contributed by atoms with Gasteiger partial charge >= 0.3 is 5.97 Å². The molecule has 0 atom stereocenters. The summed E-state index contributed by atoms with van der Waals surface area (Å²) < 4.78 is 0. The zero-order chi connectivity index (χ0) is 20.0. The molecule has 1 aromatic rings. The Balaban J connectivity index is 0. The summed E-state index contributed by atoms with van der Waals surface area (Å²) in [5.74, 6) is -0.831. The smallest absolute Gasteiger partial charge is 0.303 e. The number of carbonyl (C=O) groups is 2. The number of benzene rings is 1. The van der Waals surface area contributed by atoms with Crippen molar-refractivity contribution in [2.75, 3.05) is 13.1 Å². The molecule has 0 aliphatic heterocycles. The number of nitrogens with two attached hydrogens (primary N) is 2. The summed E-state index contributed by atoms with van der Waals surface area (Å²) in [5, 5.41) is 8.10. The van der Waals surface area contributed by atoms with Gasteiger partial charge in [0.1, 0.15) is 0 Å². The lowest BCUT2D eigenvalue weighted by molar-refractivity contribution is -0.137. The predicted octanol–water partition coefficient (Wildman–Crippen LogP) is 2.59. The van der Waals surface area contributed by atoms with Crippen LogP contribution in [0, 0.1) is 0 Å². The fraction of sp³-hybridized carbons (Fsp3) is 0.579. The molecule has 1 amide bonds. The second-order valence-corrected chi connectivity index (χ2v) is 5.18. The van der Waals surface area contributed by atoms with Crippen molar-refractivity contribution in [2.24, 2.45) is 11.5 Å². The first kappa shape index (κ1) is 26.3. The Morgan fingerprint density at radius 3 is 2.00 bits per heavy atom. The number of unbranched alkanes of at least 4 members (excludes halogenated alkanes) is 2. The minimum absolute atomic E-state index is 0.0932. The molecule has 0 heterocycles. The highest BCUT2D eigenvalue weighted by molar-refractivity contribution is 5.74. The molecule has 0 saturated heterocycles. The molecule has 0 saturated carbocycles. The van der Waals surface area contributed by atoms with Crippen LogP contribution in [0.5, 0.6) is 0 Å². The zero-order valence-corrected chi connectivity index (χ0v) is 16.1. The van der Waals surface area contributed by atoms with Gasteiger partial charge in [-0.15, -0.1) is 0 Å². The summed E-state index contributed by atoms with van der Waals surface area (Å²) >= 11 is 0. The Morgan fingerprint density at radius 2 is 1.50 bits per heavy atom. The summed E-state index contributed by atoms with van der Waals surface area (Å²) in [6.07, 6.45) is 3.89. The number of hydroxylamine groups is 1. The summed E-state index contributed by atoms with van der Waals surface area (Å²) in [6, 6.07) is 9.69. The summed E-state index contributed by atoms with van der Waals surface area (Å²) in [5.41, 5.74) is 13.9. The number of carboxylic acid groups (broad SMARTS) is 1. The van der Waals surface area contributed by atoms with Gasteiger partial charge in [-0.2, -0.15) is 0 Å². The van der Waals surface area contributed by atoms with Crippen LogP contribution in [0.4, 0.5) is 0 Å². The minimum Gasteiger partial charge on any atom is -0.481 e. The van der Waals surface area contributed by atoms with E-state index in [0.29, 0.717) is 32.5 Å². The molecule has 0 bridgehead atoms. The molecule has 0 unspecified atom stereocenters. The number of hydrogen-bond donors (Lipinski definition) is 4. The molecule has 0 aromatic heterocycles. The number of hydrogen-bond acceptors (Lipinski definition) is 5. The highest BCUT2D eigenvalue weighted by Gasteiger charge is 2.00. The fourth-order valence-corrected chi connectivity index (χ4v) is 1.68. The van der Waals surface area contributed by atoms with Gasteiger partial charge in [0.15, 0.2) is 0 Å². The molecule has 0 aliphatic rings. The van der Waals surface area contributed by atoms with Crippen LogP contribution in [0.15, 0.2) is 30.3 Å². The van der Waals surface area contributed by atoms with E-state index in [1.54, 1.807) is 0 Å². The molecule has 7 heteroatoms. The van der Waals surface area contributed by atoms with Gasteiger partial charge in [-0.1, -0.05) is 44.2 Å². The number of carbonyl (C=O) groups excluding carboxylic acids is 1. The van der Waals surface area contributed by atoms with Crippen LogP contribution in [0.2, 0.25) is 0 Å². The molecule has 0 fully saturated rings. The lowest BCUT2D eigenvalue weighted by Crippen LogP contribution is -2.23. The molecule has 1 rings (SSSR count). The van der Waals surface area contributed by atoms with E-state index in [4.69, 9.17) is 21.4 Å². The molecule has 0 radical (unpaired) electrons. The van der Waals surface area contributed by atoms with Crippen LogP contribution < -0.4 is 16.9 Å². The summed E-state index contributed by atoms with van der Waals surface area (Å²) in [4.78, 5) is 26.1. The molecule has 150 valence electrons. The van der Waals surface area contributed by atoms with Crippen molar-refractivity contribution < 1.29 is 19.5 Å². The molecule has 0 aliphatic carbocycles. The van der Waals surface area contributed by atoms with Crippen LogP contribution in [0.1, 0.15) is 57.9 Å². The third kappa shape index (κ3) is 20.1. The van der Waals surface area contributed by atoms with Crippen molar-refractivity contribution in [2.45, 2.75) is 59.0 Å². The molecule has 0 spiro atoms. The SMILES string of the molecule is CC.NCCCCC(=O)NOCc1ccccc1.NCCCCC(=O)O. The number of amides is 1. The molecule has 6 N–H and O–H groups in total. The van der Waals surface area contributed by atoms with Crippen molar-refractivity contribution in [3.8, 4) is 0 Å². The number of carboxylic acids is 1. The average molecular weight is 370 g/mol. The normalized spacial score (nSPS) is 9.23. The van der Waals surface area contributed by atoms with Gasteiger partial charge in [-0.3, -0.25) is 14.4 Å². The maximum Gasteiger partial charge on any atom is 0.303 e. The zero-order valence-electron chi connectivity index (χ0n) is 16.1. The highest BCUT2D eigenvalue weighted by atomic mass is 16.6. The average Bonchev–Trinajstić information content (AvgIpc) is 2.65. The van der Waals surface area contributed by atoms with Gasteiger partial charge in [0, 0.05) is 12.8 Å². The minimum atomic E-state index is -0.738. The first-order valence-electron chi connectivity index (χ1n) is 9.16. The Hall–Kier alpha value is -1.96. The Morgan fingerprint density at radius 1 is 0.962 bits per heavy atom. The maximum absolute atomic E-state index is 11.2. The number of rotatable bonds is 11. The number of aliphatic carboxylic acids is 1. The third-order valence-electron chi connectivity index (χ3n) is 2.97. The third-order valence-corrected chi connectivity index (χ3v) is 2.97. The van der Waals surface area contributed by atoms with Gasteiger partial charge in [0.25, 0.3) is 0 Å². The van der Waals surface area contributed by atoms with Gasteiger partial charge in [0.2, 0.25) is 5.91 Å². The molecule has 1 aromatic carbocycles. The predicted molar refractivity (Wildman–Crippen MR) is 104 cm³/mol. The van der Waals surface area contributed by atoms with E-state index in [2.05, 4.69) is 5.48 Å². The van der Waals surface area contributed by atoms with Crippen LogP contribution in [0.25, 0.3) is 0 Å². The summed E-state index contributed by atoms with van der Waals surface area (Å²) in [6.45, 7) is 5.61. The first-order chi connectivity index (χ1) is 12.6. The van der Waals surface area contributed by atoms with E-state index in [1.165, 1.54) is 0 Å². The van der Waals surface area contributed by atoms with Gasteiger partial charge in [0.05, 0.1) is 6.61 Å². The fourth-order valence-electron chi connectivity index (χ4n) is 1.68. The quantitative estimate of drug-likeness (QED) is 0.351. The van der Waals surface area contributed by atoms with Crippen molar-refractivity contribution in [1.82, 2.24) is 5.48 Å². The van der Waals surface area contributed by atoms with Crippen LogP contribution in [0.3, 0.4) is 0 Å². The Labute approximate surface area is 157 Å². The van der Waals surface area contributed by atoms with Gasteiger partial charge in [-0.05, 0) is 44.3 Å². The van der Waals surface area contributed by atoms with Crippen LogP contribution in [-0.2, 0) is 21.0 Å². The summed E-state index contributed by atoms with van der Waals surface area (Å²) in [7, 11) is 0. The van der Waals surface area contributed by atoms with E-state index < -0.39 is 5.97 Å². The van der Waals surface area contributed by atoms with E-state index in [1.807, 2.05) is 44.2 Å². The lowest BCUT2D eigenvalue weighted by Gasteiger charge is -2.05. The van der Waals surface area contributed by atoms with E-state index >= 15 is 0 Å². The molecule has 7 nitrogen and oxygen atoms in total. The van der Waals surface area contributed by atoms with Crippen molar-refractivity contribution in [1.29, 1.82) is 0 Å². The largest absolute Gasteiger partial charge is 0.481 e. The van der Waals surface area contributed by atoms with Gasteiger partial charge < -0.3 is 16.6 Å². The first-order valence-corrected chi connectivity index (χ1v) is 9.16. The molecular weight excluding hydrogens is 334 g/mol. The Bertz CT molecular complexity index is 442. The Kier molecular flexibility index (Phi) is 21.3. The topological polar surface area (TPSA) is 128 Å². The van der Waals surface area contributed by atoms with Crippen LogP contribution >= 0.6 is 0 Å². The van der Waals surface area contributed by atoms with E-state index in [0.717, 1.165) is 24.8 Å². The van der Waals surface area contributed by atoms with E-state index in [9.17, 15) is 9.59 Å². The monoisotopic (exact) mass is 369 g/mol. The second kappa shape index (κ2) is 21.1. The molecule has 26 heavy (non-hydrogen) atoms. The second-order valence-electron chi connectivity index (χ2n) is 5.18. The van der Waals surface area contributed by atoms with Crippen molar-refractivity contribution in [3.63, 3.8) is 0 Å².